The Morgan fingerprint density at radius 1 is 0.881 bits per heavy atom. The van der Waals surface area contributed by atoms with Crippen molar-refractivity contribution in [2.24, 2.45) is 17.1 Å². The van der Waals surface area contributed by atoms with E-state index in [2.05, 4.69) is 26.6 Å². The second-order valence-corrected chi connectivity index (χ2v) is 13.6. The maximum atomic E-state index is 13.8. The van der Waals surface area contributed by atoms with Crippen molar-refractivity contribution in [1.82, 2.24) is 31.5 Å². The molecule has 0 bridgehead atoms. The fourth-order valence-corrected chi connectivity index (χ4v) is 5.11. The summed E-state index contributed by atoms with van der Waals surface area (Å²) in [7, 11) is 0. The van der Waals surface area contributed by atoms with Crippen molar-refractivity contribution in [3.63, 3.8) is 0 Å². The summed E-state index contributed by atoms with van der Waals surface area (Å²) < 4.78 is 0. The van der Waals surface area contributed by atoms with E-state index in [-0.39, 0.29) is 24.5 Å². The van der Waals surface area contributed by atoms with Gasteiger partial charge in [-0.1, -0.05) is 47.0 Å². The molecule has 1 aliphatic heterocycles. The molecule has 4 unspecified atom stereocenters. The summed E-state index contributed by atoms with van der Waals surface area (Å²) in [6.45, 7) is 13.4. The minimum atomic E-state index is -1.10. The first-order valence-electron chi connectivity index (χ1n) is 15.0. The third-order valence-corrected chi connectivity index (χ3v) is 7.72. The number of hydrogen-bond donors (Lipinski definition) is 6. The van der Waals surface area contributed by atoms with Crippen LogP contribution < -0.4 is 32.3 Å². The number of rotatable bonds is 12. The Bertz CT molecular complexity index is 1010. The maximum absolute atomic E-state index is 13.8. The molecule has 0 aromatic carbocycles. The first kappa shape index (κ1) is 34.8. The van der Waals surface area contributed by atoms with E-state index < -0.39 is 58.6 Å². The van der Waals surface area contributed by atoms with Gasteiger partial charge in [-0.05, 0) is 57.8 Å². The Hall–Kier alpha value is -3.38. The molecule has 0 aromatic heterocycles. The van der Waals surface area contributed by atoms with Crippen LogP contribution in [0, 0.1) is 11.3 Å². The van der Waals surface area contributed by atoms with Gasteiger partial charge in [-0.15, -0.1) is 0 Å². The lowest BCUT2D eigenvalue weighted by molar-refractivity contribution is -0.143. The molecule has 0 aromatic rings. The van der Waals surface area contributed by atoms with Crippen LogP contribution in [0.2, 0.25) is 0 Å². The van der Waals surface area contributed by atoms with Crippen molar-refractivity contribution in [2.75, 3.05) is 13.1 Å². The van der Waals surface area contributed by atoms with Crippen LogP contribution in [0.1, 0.15) is 93.4 Å². The third-order valence-electron chi connectivity index (χ3n) is 7.72. The molecule has 1 saturated carbocycles. The number of primary amides is 1. The quantitative estimate of drug-likeness (QED) is 0.185. The summed E-state index contributed by atoms with van der Waals surface area (Å²) in [5.74, 6) is -2.63. The van der Waals surface area contributed by atoms with Crippen LogP contribution in [0.4, 0.5) is 9.59 Å². The number of Topliss-reactive ketones (excluding diaryl/α,β-unsaturated/α-hetero) is 1. The summed E-state index contributed by atoms with van der Waals surface area (Å²) >= 11 is 0. The van der Waals surface area contributed by atoms with E-state index in [0.717, 1.165) is 19.3 Å². The van der Waals surface area contributed by atoms with Gasteiger partial charge in [0.1, 0.15) is 12.1 Å². The number of nitrogens with one attached hydrogen (secondary N) is 5. The van der Waals surface area contributed by atoms with Gasteiger partial charge in [0, 0.05) is 24.7 Å². The molecule has 4 atom stereocenters. The minimum Gasteiger partial charge on any atom is -0.363 e. The zero-order valence-electron chi connectivity index (χ0n) is 26.2. The van der Waals surface area contributed by atoms with Crippen LogP contribution in [-0.4, -0.2) is 83.3 Å². The van der Waals surface area contributed by atoms with Crippen LogP contribution in [-0.2, 0) is 19.2 Å². The van der Waals surface area contributed by atoms with Gasteiger partial charge >= 0.3 is 12.1 Å². The van der Waals surface area contributed by atoms with Gasteiger partial charge in [-0.25, -0.2) is 9.59 Å². The van der Waals surface area contributed by atoms with Gasteiger partial charge in [0.25, 0.3) is 5.91 Å². The van der Waals surface area contributed by atoms with Crippen LogP contribution >= 0.6 is 0 Å². The molecule has 2 aliphatic rings. The van der Waals surface area contributed by atoms with Gasteiger partial charge in [0.05, 0.1) is 6.04 Å². The summed E-state index contributed by atoms with van der Waals surface area (Å²) in [4.78, 5) is 77.8. The summed E-state index contributed by atoms with van der Waals surface area (Å²) in [5, 5.41) is 13.8. The molecular weight excluding hydrogens is 542 g/mol. The fraction of sp³-hybridized carbons (Fsp3) is 0.793. The van der Waals surface area contributed by atoms with E-state index in [1.165, 1.54) is 4.90 Å². The van der Waals surface area contributed by atoms with Gasteiger partial charge < -0.3 is 37.2 Å². The van der Waals surface area contributed by atoms with Crippen molar-refractivity contribution in [1.29, 1.82) is 0 Å². The number of likely N-dealkylation sites (tertiary alicyclic amines) is 1. The molecule has 42 heavy (non-hydrogen) atoms. The Morgan fingerprint density at radius 3 is 2.02 bits per heavy atom. The molecule has 1 heterocycles. The number of carbonyl (C=O) groups is 6. The number of urea groups is 2. The predicted octanol–water partition coefficient (Wildman–Crippen LogP) is 1.30. The van der Waals surface area contributed by atoms with Crippen molar-refractivity contribution in [3.05, 3.63) is 0 Å². The van der Waals surface area contributed by atoms with Crippen molar-refractivity contribution < 1.29 is 28.8 Å². The second kappa shape index (κ2) is 14.7. The molecule has 238 valence electrons. The van der Waals surface area contributed by atoms with Gasteiger partial charge in [-0.2, -0.15) is 0 Å². The van der Waals surface area contributed by atoms with E-state index in [4.69, 9.17) is 5.73 Å². The molecule has 1 saturated heterocycles. The molecule has 2 rings (SSSR count). The van der Waals surface area contributed by atoms with Gasteiger partial charge in [0.2, 0.25) is 17.6 Å². The first-order chi connectivity index (χ1) is 19.4. The van der Waals surface area contributed by atoms with E-state index in [1.807, 2.05) is 48.5 Å². The Kier molecular flexibility index (Phi) is 12.2. The molecule has 13 heteroatoms. The normalized spacial score (nSPS) is 19.5. The fourth-order valence-electron chi connectivity index (χ4n) is 5.11. The monoisotopic (exact) mass is 593 g/mol. The first-order valence-corrected chi connectivity index (χ1v) is 15.0. The summed E-state index contributed by atoms with van der Waals surface area (Å²) in [6.07, 6.45) is 4.73. The lowest BCUT2D eigenvalue weighted by Crippen LogP contribution is -2.61. The largest absolute Gasteiger partial charge is 0.363 e. The lowest BCUT2D eigenvalue weighted by Gasteiger charge is -2.36. The van der Waals surface area contributed by atoms with Crippen molar-refractivity contribution >= 4 is 35.6 Å². The van der Waals surface area contributed by atoms with E-state index >= 15 is 0 Å². The number of nitrogens with two attached hydrogens (primary N) is 1. The minimum absolute atomic E-state index is 0.195. The Labute approximate surface area is 249 Å². The average Bonchev–Trinajstić information content (AvgIpc) is 3.34. The Morgan fingerprint density at radius 2 is 1.52 bits per heavy atom. The molecule has 7 N–H and O–H groups in total. The predicted molar refractivity (Wildman–Crippen MR) is 158 cm³/mol. The highest BCUT2D eigenvalue weighted by Gasteiger charge is 2.43. The van der Waals surface area contributed by atoms with Crippen LogP contribution in [0.3, 0.4) is 0 Å². The molecule has 13 nitrogen and oxygen atoms in total. The zero-order chi connectivity index (χ0) is 31.8. The van der Waals surface area contributed by atoms with Crippen LogP contribution in [0.15, 0.2) is 0 Å². The van der Waals surface area contributed by atoms with Crippen LogP contribution in [0.25, 0.3) is 0 Å². The SMILES string of the molecule is CCC(CNC(=O)NC(C)(C)C)NC(=O)NC(C(=O)N1CCCC1C(=O)NC(CC1CCC1)C(=O)C(N)=O)C(C)(C)C. The molecule has 0 radical (unpaired) electrons. The molecule has 0 spiro atoms. The van der Waals surface area contributed by atoms with Crippen LogP contribution in [0.5, 0.6) is 0 Å². The maximum Gasteiger partial charge on any atom is 0.315 e. The average molecular weight is 594 g/mol. The standard InChI is InChI=1S/C29H51N7O6/c1-8-18(16-31-26(41)35-29(5,6)7)32-27(42)34-22(28(2,3)4)25(40)36-14-10-13-20(36)24(39)33-19(21(37)23(30)38)15-17-11-9-12-17/h17-20,22H,8-16H2,1-7H3,(H2,30,38)(H,33,39)(H2,31,35,41)(H2,32,34,42). The van der Waals surface area contributed by atoms with E-state index in [1.54, 1.807) is 0 Å². The third kappa shape index (κ3) is 10.5. The zero-order valence-corrected chi connectivity index (χ0v) is 26.2. The second-order valence-electron chi connectivity index (χ2n) is 13.6. The van der Waals surface area contributed by atoms with Crippen molar-refractivity contribution in [2.45, 2.75) is 123 Å². The van der Waals surface area contributed by atoms with E-state index in [9.17, 15) is 28.8 Å². The Balaban J connectivity index is 2.07. The number of amides is 7. The van der Waals surface area contributed by atoms with Gasteiger partial charge in [0.15, 0.2) is 0 Å². The number of nitrogens with zero attached hydrogens (tertiary/aromatic N) is 1. The summed E-state index contributed by atoms with van der Waals surface area (Å²) in [6, 6.07) is -4.13. The number of ketones is 1. The highest BCUT2D eigenvalue weighted by Crippen LogP contribution is 2.31. The molecule has 2 fully saturated rings. The molecule has 7 amide bonds. The van der Waals surface area contributed by atoms with E-state index in [0.29, 0.717) is 32.2 Å². The molecule has 1 aliphatic carbocycles. The number of carbonyl (C=O) groups excluding carboxylic acids is 6. The highest BCUT2D eigenvalue weighted by molar-refractivity contribution is 6.37. The highest BCUT2D eigenvalue weighted by atomic mass is 16.2. The van der Waals surface area contributed by atoms with Gasteiger partial charge in [-0.3, -0.25) is 19.2 Å². The smallest absolute Gasteiger partial charge is 0.315 e. The topological polar surface area (TPSA) is 192 Å². The lowest BCUT2D eigenvalue weighted by atomic mass is 9.80. The van der Waals surface area contributed by atoms with Crippen molar-refractivity contribution in [3.8, 4) is 0 Å². The molecular formula is C29H51N7O6. The number of hydrogen-bond acceptors (Lipinski definition) is 6. The summed E-state index contributed by atoms with van der Waals surface area (Å²) in [5.41, 5.74) is 4.14.